The summed E-state index contributed by atoms with van der Waals surface area (Å²) >= 11 is 0. The lowest BCUT2D eigenvalue weighted by Crippen LogP contribution is -2.38. The molecule has 4 rings (SSSR count). The van der Waals surface area contributed by atoms with Crippen LogP contribution in [0.25, 0.3) is 0 Å². The molecule has 0 aliphatic carbocycles. The second-order valence-electron chi connectivity index (χ2n) is 10.8. The molecule has 0 aliphatic heterocycles. The van der Waals surface area contributed by atoms with E-state index in [0.29, 0.717) is 22.6 Å². The van der Waals surface area contributed by atoms with Gasteiger partial charge < -0.3 is 10.1 Å². The zero-order chi connectivity index (χ0) is 29.8. The Morgan fingerprint density at radius 3 is 2.12 bits per heavy atom. The predicted octanol–water partition coefficient (Wildman–Crippen LogP) is 6.37. The fraction of sp³-hybridized carbons (Fsp3) is 0.212. The fourth-order valence-corrected chi connectivity index (χ4v) is 5.76. The summed E-state index contributed by atoms with van der Waals surface area (Å²) in [5.74, 6) is -0.453. The number of ketones is 1. The Morgan fingerprint density at radius 2 is 1.49 bits per heavy atom. The van der Waals surface area contributed by atoms with Crippen LogP contribution < -0.4 is 14.4 Å². The number of anilines is 2. The van der Waals surface area contributed by atoms with E-state index in [0.717, 1.165) is 15.4 Å². The highest BCUT2D eigenvalue weighted by atomic mass is 32.2. The van der Waals surface area contributed by atoms with E-state index >= 15 is 0 Å². The normalized spacial score (nSPS) is 11.5. The van der Waals surface area contributed by atoms with Gasteiger partial charge in [0, 0.05) is 16.8 Å². The zero-order valence-electron chi connectivity index (χ0n) is 23.8. The molecule has 0 spiro atoms. The minimum absolute atomic E-state index is 0.0314. The van der Waals surface area contributed by atoms with Crippen LogP contribution in [0.4, 0.5) is 11.4 Å². The summed E-state index contributed by atoms with van der Waals surface area (Å²) in [6.45, 7) is 7.68. The Balaban J connectivity index is 1.59. The molecule has 0 radical (unpaired) electrons. The van der Waals surface area contributed by atoms with Crippen LogP contribution in [0.5, 0.6) is 5.75 Å². The van der Waals surface area contributed by atoms with Crippen molar-refractivity contribution in [1.82, 2.24) is 0 Å². The van der Waals surface area contributed by atoms with Crippen LogP contribution in [0, 0.1) is 6.92 Å². The molecule has 0 aromatic heterocycles. The van der Waals surface area contributed by atoms with Crippen molar-refractivity contribution < 1.29 is 22.7 Å². The molecule has 212 valence electrons. The highest BCUT2D eigenvalue weighted by Crippen LogP contribution is 2.32. The van der Waals surface area contributed by atoms with E-state index in [2.05, 4.69) is 26.1 Å². The molecular formula is C33H34N2O5S. The van der Waals surface area contributed by atoms with Crippen molar-refractivity contribution in [3.63, 3.8) is 0 Å². The maximum Gasteiger partial charge on any atom is 0.264 e. The topological polar surface area (TPSA) is 92.8 Å². The van der Waals surface area contributed by atoms with Crippen LogP contribution in [0.3, 0.4) is 0 Å². The molecule has 4 aromatic rings. The summed E-state index contributed by atoms with van der Waals surface area (Å²) in [7, 11) is -2.69. The first kappa shape index (κ1) is 29.6. The number of ether oxygens (including phenoxy) is 1. The average Bonchev–Trinajstić information content (AvgIpc) is 2.95. The second-order valence-corrected chi connectivity index (χ2v) is 12.6. The number of methoxy groups -OCH3 is 1. The third-order valence-electron chi connectivity index (χ3n) is 6.67. The fourth-order valence-electron chi connectivity index (χ4n) is 4.33. The van der Waals surface area contributed by atoms with Gasteiger partial charge in [0.25, 0.3) is 10.0 Å². The van der Waals surface area contributed by atoms with E-state index in [1.165, 1.54) is 19.2 Å². The van der Waals surface area contributed by atoms with Gasteiger partial charge in [-0.05, 0) is 54.3 Å². The number of hydrogen-bond acceptors (Lipinski definition) is 5. The number of rotatable bonds is 9. The Hall–Kier alpha value is -4.43. The van der Waals surface area contributed by atoms with Crippen molar-refractivity contribution in [2.75, 3.05) is 23.3 Å². The number of aryl methyl sites for hydroxylation is 1. The molecule has 1 amide bonds. The maximum absolute atomic E-state index is 13.7. The molecule has 8 heteroatoms. The highest BCUT2D eigenvalue weighted by molar-refractivity contribution is 7.92. The summed E-state index contributed by atoms with van der Waals surface area (Å²) in [6, 6.07) is 27.1. The average molecular weight is 571 g/mol. The van der Waals surface area contributed by atoms with E-state index < -0.39 is 22.5 Å². The van der Waals surface area contributed by atoms with Crippen molar-refractivity contribution in [3.05, 3.63) is 119 Å². The van der Waals surface area contributed by atoms with Gasteiger partial charge >= 0.3 is 0 Å². The van der Waals surface area contributed by atoms with Crippen LogP contribution >= 0.6 is 0 Å². The van der Waals surface area contributed by atoms with Crippen LogP contribution in [0.1, 0.15) is 47.8 Å². The SMILES string of the molecule is COc1ccccc1N(CC(=O)Nc1cccc(C(=O)c2ccc(C(C)(C)C)cc2)c1)S(=O)(=O)c1ccc(C)cc1. The third kappa shape index (κ3) is 6.84. The number of para-hydroxylation sites is 2. The Bertz CT molecular complexity index is 1660. The number of hydrogen-bond donors (Lipinski definition) is 1. The molecule has 1 N–H and O–H groups in total. The first-order valence-corrected chi connectivity index (χ1v) is 14.6. The van der Waals surface area contributed by atoms with Gasteiger partial charge in [-0.1, -0.05) is 87.0 Å². The molecule has 0 saturated carbocycles. The number of benzene rings is 4. The molecule has 0 fully saturated rings. The Morgan fingerprint density at radius 1 is 0.829 bits per heavy atom. The number of sulfonamides is 1. The summed E-state index contributed by atoms with van der Waals surface area (Å²) in [5.41, 5.74) is 3.54. The van der Waals surface area contributed by atoms with Gasteiger partial charge in [0.1, 0.15) is 12.3 Å². The lowest BCUT2D eigenvalue weighted by atomic mass is 9.86. The van der Waals surface area contributed by atoms with Crippen LogP contribution in [-0.2, 0) is 20.2 Å². The standard InChI is InChI=1S/C33H34N2O5S/c1-23-13-19-28(20-14-23)41(38,39)35(29-11-6-7-12-30(29)40-5)22-31(36)34-27-10-8-9-25(21-27)32(37)24-15-17-26(18-16-24)33(2,3)4/h6-21H,22H2,1-5H3,(H,34,36). The van der Waals surface area contributed by atoms with Crippen molar-refractivity contribution in [3.8, 4) is 5.75 Å². The molecular weight excluding hydrogens is 536 g/mol. The first-order valence-electron chi connectivity index (χ1n) is 13.2. The molecule has 0 bridgehead atoms. The molecule has 41 heavy (non-hydrogen) atoms. The van der Waals surface area contributed by atoms with Crippen molar-refractivity contribution >= 4 is 33.1 Å². The number of carbonyl (C=O) groups excluding carboxylic acids is 2. The number of nitrogens with zero attached hydrogens (tertiary/aromatic N) is 1. The van der Waals surface area contributed by atoms with Gasteiger partial charge in [0.05, 0.1) is 17.7 Å². The first-order chi connectivity index (χ1) is 19.4. The van der Waals surface area contributed by atoms with Gasteiger partial charge in [-0.2, -0.15) is 0 Å². The summed E-state index contributed by atoms with van der Waals surface area (Å²) in [4.78, 5) is 26.5. The van der Waals surface area contributed by atoms with E-state index in [4.69, 9.17) is 4.74 Å². The lowest BCUT2D eigenvalue weighted by molar-refractivity contribution is -0.114. The van der Waals surface area contributed by atoms with E-state index in [1.54, 1.807) is 72.8 Å². The number of nitrogens with one attached hydrogen (secondary N) is 1. The van der Waals surface area contributed by atoms with Crippen molar-refractivity contribution in [1.29, 1.82) is 0 Å². The van der Waals surface area contributed by atoms with E-state index in [-0.39, 0.29) is 21.8 Å². The van der Waals surface area contributed by atoms with Crippen LogP contribution in [0.15, 0.2) is 102 Å². The minimum atomic E-state index is -4.12. The van der Waals surface area contributed by atoms with Crippen molar-refractivity contribution in [2.45, 2.75) is 38.0 Å². The minimum Gasteiger partial charge on any atom is -0.495 e. The van der Waals surface area contributed by atoms with Crippen LogP contribution in [-0.4, -0.2) is 33.8 Å². The monoisotopic (exact) mass is 570 g/mol. The second kappa shape index (κ2) is 12.0. The summed E-state index contributed by atoms with van der Waals surface area (Å²) < 4.78 is 33.9. The van der Waals surface area contributed by atoms with Gasteiger partial charge in [-0.3, -0.25) is 13.9 Å². The Labute approximate surface area is 241 Å². The maximum atomic E-state index is 13.7. The molecule has 0 saturated heterocycles. The summed E-state index contributed by atoms with van der Waals surface area (Å²) in [5, 5.41) is 2.75. The zero-order valence-corrected chi connectivity index (χ0v) is 24.7. The molecule has 0 aliphatic rings. The molecule has 7 nitrogen and oxygen atoms in total. The van der Waals surface area contributed by atoms with Crippen molar-refractivity contribution in [2.24, 2.45) is 0 Å². The quantitative estimate of drug-likeness (QED) is 0.236. The van der Waals surface area contributed by atoms with Gasteiger partial charge in [0.2, 0.25) is 5.91 Å². The van der Waals surface area contributed by atoms with E-state index in [9.17, 15) is 18.0 Å². The molecule has 0 atom stereocenters. The largest absolute Gasteiger partial charge is 0.495 e. The van der Waals surface area contributed by atoms with Crippen LogP contribution in [0.2, 0.25) is 0 Å². The smallest absolute Gasteiger partial charge is 0.264 e. The summed E-state index contributed by atoms with van der Waals surface area (Å²) in [6.07, 6.45) is 0. The van der Waals surface area contributed by atoms with Gasteiger partial charge in [-0.25, -0.2) is 8.42 Å². The van der Waals surface area contributed by atoms with Gasteiger partial charge in [-0.15, -0.1) is 0 Å². The Kier molecular flexibility index (Phi) is 8.63. The van der Waals surface area contributed by atoms with Gasteiger partial charge in [0.15, 0.2) is 5.78 Å². The van der Waals surface area contributed by atoms with E-state index in [1.807, 2.05) is 19.1 Å². The number of carbonyl (C=O) groups is 2. The third-order valence-corrected chi connectivity index (χ3v) is 8.45. The highest BCUT2D eigenvalue weighted by Gasteiger charge is 2.29. The lowest BCUT2D eigenvalue weighted by Gasteiger charge is -2.25. The number of amides is 1. The predicted molar refractivity (Wildman–Crippen MR) is 162 cm³/mol. The molecule has 0 unspecified atom stereocenters. The molecule has 4 aromatic carbocycles. The molecule has 0 heterocycles.